The molecule has 0 fully saturated rings. The van der Waals surface area contributed by atoms with E-state index >= 15 is 0 Å². The maximum absolute atomic E-state index is 11.0. The summed E-state index contributed by atoms with van der Waals surface area (Å²) < 4.78 is 11.0. The summed E-state index contributed by atoms with van der Waals surface area (Å²) in [6, 6.07) is 0. The first-order chi connectivity index (χ1) is 3.27. The lowest BCUT2D eigenvalue weighted by Crippen LogP contribution is -2.06. The molecule has 0 spiro atoms. The summed E-state index contributed by atoms with van der Waals surface area (Å²) in [6.07, 6.45) is 0.274. The van der Waals surface area contributed by atoms with Gasteiger partial charge in [-0.05, 0) is 6.92 Å². The van der Waals surface area contributed by atoms with Crippen LogP contribution in [0.25, 0.3) is 0 Å². The molecular weight excluding hydrogens is 97.0 g/mol. The Balaban J connectivity index is 2.82. The lowest BCUT2D eigenvalue weighted by atomic mass is 10.3. The molecule has 0 radical (unpaired) electrons. The van der Waals surface area contributed by atoms with Gasteiger partial charge in [-0.15, -0.1) is 4.48 Å². The summed E-state index contributed by atoms with van der Waals surface area (Å²) in [5, 5.41) is 0. The molecule has 0 aromatic heterocycles. The summed E-state index contributed by atoms with van der Waals surface area (Å²) in [7, 11) is 0. The lowest BCUT2D eigenvalue weighted by Gasteiger charge is -1.86. The first-order valence-electron chi connectivity index (χ1n) is 2.10. The molecular formula is C4H8FNO. The summed E-state index contributed by atoms with van der Waals surface area (Å²) in [4.78, 5) is 10.00. The Kier molecular flexibility index (Phi) is 3.50. The van der Waals surface area contributed by atoms with Crippen LogP contribution in [0.2, 0.25) is 0 Å². The minimum Gasteiger partial charge on any atom is -0.300 e. The molecule has 0 aliphatic heterocycles. The second-order valence-corrected chi connectivity index (χ2v) is 1.34. The van der Waals surface area contributed by atoms with E-state index in [0.717, 1.165) is 0 Å². The maximum Gasteiger partial charge on any atom is 0.131 e. The van der Waals surface area contributed by atoms with Crippen molar-refractivity contribution in [1.29, 1.82) is 0 Å². The Morgan fingerprint density at radius 3 is 2.57 bits per heavy atom. The van der Waals surface area contributed by atoms with Gasteiger partial charge >= 0.3 is 0 Å². The number of hydrogen-bond acceptors (Lipinski definition) is 2. The highest BCUT2D eigenvalue weighted by molar-refractivity contribution is 5.75. The van der Waals surface area contributed by atoms with Crippen molar-refractivity contribution >= 4 is 5.78 Å². The third kappa shape index (κ3) is 5.56. The minimum absolute atomic E-state index is 0.00477. The normalized spacial score (nSPS) is 8.86. The molecule has 0 atom stereocenters. The van der Waals surface area contributed by atoms with Gasteiger partial charge in [-0.1, -0.05) is 0 Å². The third-order valence-electron chi connectivity index (χ3n) is 0.572. The molecule has 0 amide bonds. The SMILES string of the molecule is CC(=O)CCNF. The Labute approximate surface area is 41.6 Å². The molecule has 42 valence electrons. The van der Waals surface area contributed by atoms with Crippen molar-refractivity contribution in [1.82, 2.24) is 5.54 Å². The van der Waals surface area contributed by atoms with E-state index in [1.165, 1.54) is 12.5 Å². The highest BCUT2D eigenvalue weighted by Crippen LogP contribution is 1.75. The van der Waals surface area contributed by atoms with Crippen molar-refractivity contribution in [2.75, 3.05) is 6.54 Å². The highest BCUT2D eigenvalue weighted by atomic mass is 19.2. The molecule has 0 aliphatic carbocycles. The maximum atomic E-state index is 11.0. The van der Waals surface area contributed by atoms with Gasteiger partial charge in [-0.25, -0.2) is 0 Å². The zero-order chi connectivity index (χ0) is 5.70. The zero-order valence-electron chi connectivity index (χ0n) is 4.20. The second-order valence-electron chi connectivity index (χ2n) is 1.34. The predicted octanol–water partition coefficient (Wildman–Crippen LogP) is 0.440. The molecule has 0 aromatic rings. The fraction of sp³-hybridized carbons (Fsp3) is 0.750. The van der Waals surface area contributed by atoms with Gasteiger partial charge < -0.3 is 0 Å². The van der Waals surface area contributed by atoms with Crippen molar-refractivity contribution in [2.45, 2.75) is 13.3 Å². The largest absolute Gasteiger partial charge is 0.300 e. The van der Waals surface area contributed by atoms with Gasteiger partial charge in [0.2, 0.25) is 0 Å². The van der Waals surface area contributed by atoms with Crippen LogP contribution in [0.5, 0.6) is 0 Å². The fourth-order valence-corrected chi connectivity index (χ4v) is 0.223. The van der Waals surface area contributed by atoms with E-state index in [2.05, 4.69) is 0 Å². The second kappa shape index (κ2) is 3.74. The molecule has 0 saturated heterocycles. The molecule has 7 heavy (non-hydrogen) atoms. The Morgan fingerprint density at radius 2 is 2.43 bits per heavy atom. The molecule has 0 aromatic carbocycles. The molecule has 2 nitrogen and oxygen atoms in total. The Bertz CT molecular complexity index is 64.7. The quantitative estimate of drug-likeness (QED) is 0.527. The number of carbonyl (C=O) groups is 1. The Morgan fingerprint density at radius 1 is 1.86 bits per heavy atom. The van der Waals surface area contributed by atoms with Gasteiger partial charge in [0.25, 0.3) is 0 Å². The van der Waals surface area contributed by atoms with Crippen LogP contribution < -0.4 is 5.54 Å². The van der Waals surface area contributed by atoms with E-state index in [1.807, 2.05) is 0 Å². The number of carbonyl (C=O) groups excluding carboxylic acids is 1. The standard InChI is InChI=1S/C4H8FNO/c1-4(7)2-3-6-5/h6H,2-3H2,1H3. The summed E-state index contributed by atoms with van der Waals surface area (Å²) in [6.45, 7) is 1.56. The average molecular weight is 105 g/mol. The van der Waals surface area contributed by atoms with E-state index in [-0.39, 0.29) is 18.7 Å². The van der Waals surface area contributed by atoms with Crippen molar-refractivity contribution < 1.29 is 9.28 Å². The number of rotatable bonds is 3. The minimum atomic E-state index is 0.00477. The van der Waals surface area contributed by atoms with Crippen molar-refractivity contribution in [2.24, 2.45) is 0 Å². The van der Waals surface area contributed by atoms with E-state index in [1.54, 1.807) is 0 Å². The van der Waals surface area contributed by atoms with Crippen molar-refractivity contribution in [3.05, 3.63) is 0 Å². The number of hydrogen-bond donors (Lipinski definition) is 1. The van der Waals surface area contributed by atoms with Gasteiger partial charge in [0.1, 0.15) is 5.78 Å². The van der Waals surface area contributed by atoms with Crippen molar-refractivity contribution in [3.8, 4) is 0 Å². The molecule has 0 rings (SSSR count). The molecule has 0 saturated carbocycles. The summed E-state index contributed by atoms with van der Waals surface area (Å²) in [5.74, 6) is 0.00477. The summed E-state index contributed by atoms with van der Waals surface area (Å²) >= 11 is 0. The molecule has 1 N–H and O–H groups in total. The van der Waals surface area contributed by atoms with Gasteiger partial charge in [-0.2, -0.15) is 5.54 Å². The highest BCUT2D eigenvalue weighted by Gasteiger charge is 1.88. The van der Waals surface area contributed by atoms with Gasteiger partial charge in [0.15, 0.2) is 0 Å². The number of ketones is 1. The van der Waals surface area contributed by atoms with Crippen LogP contribution in [0.3, 0.4) is 0 Å². The Hall–Kier alpha value is -0.440. The van der Waals surface area contributed by atoms with E-state index in [9.17, 15) is 9.28 Å². The van der Waals surface area contributed by atoms with Crippen molar-refractivity contribution in [3.63, 3.8) is 0 Å². The summed E-state index contributed by atoms with van der Waals surface area (Å²) in [5.41, 5.74) is 1.38. The van der Waals surface area contributed by atoms with Crippen LogP contribution in [0.1, 0.15) is 13.3 Å². The zero-order valence-corrected chi connectivity index (χ0v) is 4.20. The van der Waals surface area contributed by atoms with Crippen LogP contribution in [0.15, 0.2) is 0 Å². The number of Topliss-reactive ketones (excluding diaryl/α,β-unsaturated/α-hetero) is 1. The predicted molar refractivity (Wildman–Crippen MR) is 24.4 cm³/mol. The van der Waals surface area contributed by atoms with Crippen LogP contribution in [-0.2, 0) is 4.79 Å². The van der Waals surface area contributed by atoms with E-state index in [0.29, 0.717) is 0 Å². The topological polar surface area (TPSA) is 29.1 Å². The monoisotopic (exact) mass is 105 g/mol. The molecule has 0 unspecified atom stereocenters. The van der Waals surface area contributed by atoms with Crippen LogP contribution in [0, 0.1) is 0 Å². The number of nitrogens with one attached hydrogen (secondary N) is 1. The smallest absolute Gasteiger partial charge is 0.131 e. The van der Waals surface area contributed by atoms with Crippen LogP contribution in [0.4, 0.5) is 4.48 Å². The first kappa shape index (κ1) is 6.56. The van der Waals surface area contributed by atoms with E-state index < -0.39 is 0 Å². The van der Waals surface area contributed by atoms with Gasteiger partial charge in [-0.3, -0.25) is 4.79 Å². The molecule has 0 bridgehead atoms. The van der Waals surface area contributed by atoms with Gasteiger partial charge in [0.05, 0.1) is 0 Å². The third-order valence-corrected chi connectivity index (χ3v) is 0.572. The molecule has 0 aliphatic rings. The van der Waals surface area contributed by atoms with Gasteiger partial charge in [0, 0.05) is 13.0 Å². The fourth-order valence-electron chi connectivity index (χ4n) is 0.223. The lowest BCUT2D eigenvalue weighted by molar-refractivity contribution is -0.117. The first-order valence-corrected chi connectivity index (χ1v) is 2.10. The number of halogens is 1. The van der Waals surface area contributed by atoms with Crippen LogP contribution >= 0.6 is 0 Å². The van der Waals surface area contributed by atoms with E-state index in [4.69, 9.17) is 0 Å². The van der Waals surface area contributed by atoms with Crippen LogP contribution in [-0.4, -0.2) is 12.3 Å². The molecule has 3 heteroatoms. The average Bonchev–Trinajstić information content (AvgIpc) is 1.61. The molecule has 0 heterocycles.